The summed E-state index contributed by atoms with van der Waals surface area (Å²) in [6.07, 6.45) is 1.53. The Kier molecular flexibility index (Phi) is 3.93. The number of carbonyl (C=O) groups is 1. The Hall–Kier alpha value is -1.46. The topological polar surface area (TPSA) is 42.0 Å². The first-order valence-corrected chi connectivity index (χ1v) is 6.11. The molecule has 18 heavy (non-hydrogen) atoms. The fourth-order valence-electron chi connectivity index (χ4n) is 1.30. The van der Waals surface area contributed by atoms with Crippen molar-refractivity contribution in [2.45, 2.75) is 0 Å². The molecule has 0 spiro atoms. The molecule has 1 amide bonds. The van der Waals surface area contributed by atoms with Crippen LogP contribution in [-0.4, -0.2) is 10.9 Å². The molecule has 0 aliphatic heterocycles. The van der Waals surface area contributed by atoms with Gasteiger partial charge < -0.3 is 5.32 Å². The van der Waals surface area contributed by atoms with E-state index in [-0.39, 0.29) is 5.56 Å². The molecular weight excluding hydrogens is 322 g/mol. The number of rotatable bonds is 2. The number of nitrogens with one attached hydrogen (secondary N) is 1. The van der Waals surface area contributed by atoms with Crippen molar-refractivity contribution in [1.82, 2.24) is 4.98 Å². The Morgan fingerprint density at radius 1 is 1.33 bits per heavy atom. The molecule has 0 radical (unpaired) electrons. The molecule has 0 saturated carbocycles. The van der Waals surface area contributed by atoms with E-state index in [0.717, 1.165) is 10.5 Å². The number of anilines is 1. The minimum atomic E-state index is -0.631. The van der Waals surface area contributed by atoms with Crippen molar-refractivity contribution in [1.29, 1.82) is 0 Å². The number of benzene rings is 1. The number of amides is 1. The molecule has 1 heterocycles. The van der Waals surface area contributed by atoms with Gasteiger partial charge in [-0.2, -0.15) is 0 Å². The van der Waals surface area contributed by atoms with Crippen LogP contribution in [0.15, 0.2) is 41.0 Å². The van der Waals surface area contributed by atoms with Crippen LogP contribution in [0, 0.1) is 5.82 Å². The number of nitrogens with zero attached hydrogens (tertiary/aromatic N) is 1. The smallest absolute Gasteiger partial charge is 0.259 e. The van der Waals surface area contributed by atoms with E-state index in [9.17, 15) is 9.18 Å². The van der Waals surface area contributed by atoms with Gasteiger partial charge in [-0.1, -0.05) is 11.6 Å². The van der Waals surface area contributed by atoms with Gasteiger partial charge in [0, 0.05) is 15.7 Å². The summed E-state index contributed by atoms with van der Waals surface area (Å²) in [6.45, 7) is 0. The molecule has 1 aromatic heterocycles. The Morgan fingerprint density at radius 3 is 2.78 bits per heavy atom. The van der Waals surface area contributed by atoms with Crippen LogP contribution in [0.1, 0.15) is 10.4 Å². The molecule has 2 aromatic rings. The maximum Gasteiger partial charge on any atom is 0.259 e. The molecule has 1 aromatic carbocycles. The number of carbonyl (C=O) groups excluding carboxylic acids is 1. The summed E-state index contributed by atoms with van der Waals surface area (Å²) in [7, 11) is 0. The van der Waals surface area contributed by atoms with Gasteiger partial charge in [0.15, 0.2) is 0 Å². The maximum absolute atomic E-state index is 13.4. The summed E-state index contributed by atoms with van der Waals surface area (Å²) >= 11 is 8.94. The van der Waals surface area contributed by atoms with E-state index in [1.54, 1.807) is 12.1 Å². The summed E-state index contributed by atoms with van der Waals surface area (Å²) in [5, 5.41) is 2.78. The van der Waals surface area contributed by atoms with Crippen molar-refractivity contribution in [2.75, 3.05) is 5.32 Å². The Morgan fingerprint density at radius 2 is 2.11 bits per heavy atom. The fourth-order valence-corrected chi connectivity index (χ4v) is 1.71. The van der Waals surface area contributed by atoms with E-state index in [0.29, 0.717) is 10.8 Å². The van der Waals surface area contributed by atoms with Crippen LogP contribution in [0.3, 0.4) is 0 Å². The van der Waals surface area contributed by atoms with Gasteiger partial charge in [0.2, 0.25) is 0 Å². The van der Waals surface area contributed by atoms with E-state index < -0.39 is 11.7 Å². The fraction of sp³-hybridized carbons (Fsp3) is 0. The molecule has 0 unspecified atom stereocenters. The molecule has 6 heteroatoms. The van der Waals surface area contributed by atoms with Crippen LogP contribution in [0.2, 0.25) is 5.02 Å². The second-order valence-electron chi connectivity index (χ2n) is 3.44. The average molecular weight is 330 g/mol. The zero-order valence-corrected chi connectivity index (χ0v) is 11.3. The first-order valence-electron chi connectivity index (χ1n) is 4.94. The normalized spacial score (nSPS) is 10.2. The molecule has 0 atom stereocenters. The lowest BCUT2D eigenvalue weighted by molar-refractivity contribution is 0.102. The molecule has 0 aliphatic carbocycles. The molecule has 0 fully saturated rings. The molecule has 0 saturated heterocycles. The molecule has 0 bridgehead atoms. The van der Waals surface area contributed by atoms with Gasteiger partial charge >= 0.3 is 0 Å². The largest absolute Gasteiger partial charge is 0.306 e. The lowest BCUT2D eigenvalue weighted by Crippen LogP contribution is -2.14. The third-order valence-electron chi connectivity index (χ3n) is 2.14. The Labute approximate surface area is 116 Å². The van der Waals surface area contributed by atoms with Crippen molar-refractivity contribution in [3.63, 3.8) is 0 Å². The second kappa shape index (κ2) is 5.46. The van der Waals surface area contributed by atoms with Gasteiger partial charge in [-0.3, -0.25) is 4.79 Å². The highest BCUT2D eigenvalue weighted by atomic mass is 79.9. The molecule has 92 valence electrons. The number of hydrogen-bond acceptors (Lipinski definition) is 2. The van der Waals surface area contributed by atoms with Crippen LogP contribution in [0.5, 0.6) is 0 Å². The lowest BCUT2D eigenvalue weighted by Gasteiger charge is -2.05. The SMILES string of the molecule is O=C(Nc1ccc(Br)cn1)c1cc(Cl)ccc1F. The van der Waals surface area contributed by atoms with Crippen molar-refractivity contribution in [3.05, 3.63) is 57.4 Å². The number of pyridine rings is 1. The molecular formula is C12H7BrClFN2O. The molecule has 2 rings (SSSR count). The van der Waals surface area contributed by atoms with Crippen molar-refractivity contribution in [3.8, 4) is 0 Å². The maximum atomic E-state index is 13.4. The third-order valence-corrected chi connectivity index (χ3v) is 2.85. The Bertz CT molecular complexity index is 589. The minimum Gasteiger partial charge on any atom is -0.306 e. The number of aromatic nitrogens is 1. The summed E-state index contributed by atoms with van der Waals surface area (Å²) in [5.74, 6) is -0.888. The second-order valence-corrected chi connectivity index (χ2v) is 4.79. The van der Waals surface area contributed by atoms with Crippen molar-refractivity contribution >= 4 is 39.3 Å². The van der Waals surface area contributed by atoms with E-state index in [2.05, 4.69) is 26.2 Å². The highest BCUT2D eigenvalue weighted by Crippen LogP contribution is 2.17. The lowest BCUT2D eigenvalue weighted by atomic mass is 10.2. The molecule has 0 aliphatic rings. The highest BCUT2D eigenvalue weighted by Gasteiger charge is 2.12. The van der Waals surface area contributed by atoms with Gasteiger partial charge in [-0.25, -0.2) is 9.37 Å². The average Bonchev–Trinajstić information content (AvgIpc) is 2.35. The van der Waals surface area contributed by atoms with Crippen LogP contribution >= 0.6 is 27.5 Å². The van der Waals surface area contributed by atoms with Crippen LogP contribution in [0.25, 0.3) is 0 Å². The summed E-state index contributed by atoms with van der Waals surface area (Å²) in [5.41, 5.74) is -0.118. The standard InChI is InChI=1S/C12H7BrClFN2O/c13-7-1-4-11(16-6-7)17-12(18)9-5-8(14)2-3-10(9)15/h1-6H,(H,16,17,18). The predicted molar refractivity (Wildman–Crippen MR) is 71.3 cm³/mol. The van der Waals surface area contributed by atoms with Crippen molar-refractivity contribution < 1.29 is 9.18 Å². The van der Waals surface area contributed by atoms with Crippen molar-refractivity contribution in [2.24, 2.45) is 0 Å². The van der Waals surface area contributed by atoms with E-state index in [1.807, 2.05) is 0 Å². The van der Waals surface area contributed by atoms with Crippen LogP contribution < -0.4 is 5.32 Å². The first kappa shape index (κ1) is 13.0. The monoisotopic (exact) mass is 328 g/mol. The molecule has 1 N–H and O–H groups in total. The van der Waals surface area contributed by atoms with Gasteiger partial charge in [0.1, 0.15) is 11.6 Å². The van der Waals surface area contributed by atoms with E-state index in [4.69, 9.17) is 11.6 Å². The van der Waals surface area contributed by atoms with Gasteiger partial charge in [0.25, 0.3) is 5.91 Å². The summed E-state index contributed by atoms with van der Waals surface area (Å²) < 4.78 is 14.2. The predicted octanol–water partition coefficient (Wildman–Crippen LogP) is 3.89. The van der Waals surface area contributed by atoms with Gasteiger partial charge in [-0.05, 0) is 46.3 Å². The highest BCUT2D eigenvalue weighted by molar-refractivity contribution is 9.10. The van der Waals surface area contributed by atoms with E-state index >= 15 is 0 Å². The van der Waals surface area contributed by atoms with Crippen LogP contribution in [-0.2, 0) is 0 Å². The quantitative estimate of drug-likeness (QED) is 0.908. The Balaban J connectivity index is 2.21. The number of hydrogen-bond donors (Lipinski definition) is 1. The van der Waals surface area contributed by atoms with Gasteiger partial charge in [0.05, 0.1) is 5.56 Å². The zero-order chi connectivity index (χ0) is 13.1. The number of halogens is 3. The van der Waals surface area contributed by atoms with Gasteiger partial charge in [-0.15, -0.1) is 0 Å². The minimum absolute atomic E-state index is 0.118. The zero-order valence-electron chi connectivity index (χ0n) is 8.95. The summed E-state index contributed by atoms with van der Waals surface area (Å²) in [6, 6.07) is 7.12. The first-order chi connectivity index (χ1) is 8.56. The van der Waals surface area contributed by atoms with E-state index in [1.165, 1.54) is 18.3 Å². The summed E-state index contributed by atoms with van der Waals surface area (Å²) in [4.78, 5) is 15.8. The third kappa shape index (κ3) is 3.05. The van der Waals surface area contributed by atoms with Crippen LogP contribution in [0.4, 0.5) is 10.2 Å². The molecule has 3 nitrogen and oxygen atoms in total.